The topological polar surface area (TPSA) is 105 Å². The molecule has 0 saturated heterocycles. The monoisotopic (exact) mass is 376 g/mol. The second kappa shape index (κ2) is 7.79. The maximum absolute atomic E-state index is 12.2. The van der Waals surface area contributed by atoms with Crippen molar-refractivity contribution < 1.29 is 19.4 Å². The van der Waals surface area contributed by atoms with Gasteiger partial charge in [-0.05, 0) is 31.2 Å². The SMILES string of the molecule is COc1ccc(-n2nc3c(c2NC(=O)C(=O)NCC(C)O)CSC3)cc1. The molecule has 1 aliphatic heterocycles. The largest absolute Gasteiger partial charge is 0.497 e. The molecule has 0 aliphatic carbocycles. The lowest BCUT2D eigenvalue weighted by Gasteiger charge is -2.12. The molecule has 1 unspecified atom stereocenters. The van der Waals surface area contributed by atoms with Crippen molar-refractivity contribution in [2.45, 2.75) is 24.5 Å². The summed E-state index contributed by atoms with van der Waals surface area (Å²) < 4.78 is 6.79. The third-order valence-corrected chi connectivity index (χ3v) is 4.84. The van der Waals surface area contributed by atoms with Gasteiger partial charge in [-0.25, -0.2) is 4.68 Å². The van der Waals surface area contributed by atoms with Crippen LogP contribution in [0, 0.1) is 0 Å². The zero-order chi connectivity index (χ0) is 18.7. The Hall–Kier alpha value is -2.52. The van der Waals surface area contributed by atoms with E-state index in [1.165, 1.54) is 6.92 Å². The van der Waals surface area contributed by atoms with Crippen LogP contribution in [0.15, 0.2) is 24.3 Å². The Morgan fingerprint density at radius 3 is 2.69 bits per heavy atom. The number of thioether (sulfide) groups is 1. The van der Waals surface area contributed by atoms with Gasteiger partial charge in [-0.15, -0.1) is 0 Å². The number of aromatic nitrogens is 2. The number of ether oxygens (including phenoxy) is 1. The number of anilines is 1. The molecule has 26 heavy (non-hydrogen) atoms. The first kappa shape index (κ1) is 18.3. The van der Waals surface area contributed by atoms with Crippen molar-refractivity contribution in [2.75, 3.05) is 19.0 Å². The van der Waals surface area contributed by atoms with Crippen LogP contribution >= 0.6 is 11.8 Å². The highest BCUT2D eigenvalue weighted by molar-refractivity contribution is 7.98. The maximum Gasteiger partial charge on any atom is 0.314 e. The number of aliphatic hydroxyl groups is 1. The van der Waals surface area contributed by atoms with Crippen LogP contribution < -0.4 is 15.4 Å². The average molecular weight is 376 g/mol. The van der Waals surface area contributed by atoms with Crippen LogP contribution in [-0.4, -0.2) is 46.5 Å². The predicted octanol–water partition coefficient (Wildman–Crippen LogP) is 1.06. The number of hydrogen-bond acceptors (Lipinski definition) is 6. The molecule has 8 nitrogen and oxygen atoms in total. The quantitative estimate of drug-likeness (QED) is 0.674. The summed E-state index contributed by atoms with van der Waals surface area (Å²) in [6.45, 7) is 1.54. The third-order valence-electron chi connectivity index (χ3n) is 3.87. The summed E-state index contributed by atoms with van der Waals surface area (Å²) in [4.78, 5) is 24.2. The van der Waals surface area contributed by atoms with E-state index in [1.54, 1.807) is 35.7 Å². The smallest absolute Gasteiger partial charge is 0.314 e. The Kier molecular flexibility index (Phi) is 5.48. The second-order valence-electron chi connectivity index (χ2n) is 5.89. The Bertz CT molecular complexity index is 817. The first-order valence-corrected chi connectivity index (χ1v) is 9.25. The van der Waals surface area contributed by atoms with Gasteiger partial charge in [-0.1, -0.05) is 0 Å². The average Bonchev–Trinajstić information content (AvgIpc) is 3.22. The molecule has 1 aliphatic rings. The lowest BCUT2D eigenvalue weighted by molar-refractivity contribution is -0.136. The number of carbonyl (C=O) groups excluding carboxylic acids is 2. The number of methoxy groups -OCH3 is 1. The van der Waals surface area contributed by atoms with E-state index in [0.717, 1.165) is 28.5 Å². The van der Waals surface area contributed by atoms with E-state index in [4.69, 9.17) is 4.74 Å². The molecule has 0 spiro atoms. The molecule has 138 valence electrons. The van der Waals surface area contributed by atoms with Gasteiger partial charge in [-0.2, -0.15) is 16.9 Å². The van der Waals surface area contributed by atoms with E-state index in [1.807, 2.05) is 12.1 Å². The number of carbonyl (C=O) groups is 2. The molecule has 0 radical (unpaired) electrons. The number of amides is 2. The van der Waals surface area contributed by atoms with E-state index >= 15 is 0 Å². The first-order valence-electron chi connectivity index (χ1n) is 8.09. The van der Waals surface area contributed by atoms with Gasteiger partial charge in [0.05, 0.1) is 24.6 Å². The number of nitrogens with zero attached hydrogens (tertiary/aromatic N) is 2. The van der Waals surface area contributed by atoms with E-state index < -0.39 is 17.9 Å². The number of hydrogen-bond donors (Lipinski definition) is 3. The summed E-state index contributed by atoms with van der Waals surface area (Å²) in [6.07, 6.45) is -0.725. The molecule has 0 bridgehead atoms. The Labute approximate surface area is 154 Å². The highest BCUT2D eigenvalue weighted by Gasteiger charge is 2.26. The minimum absolute atomic E-state index is 0.0119. The van der Waals surface area contributed by atoms with Crippen LogP contribution in [-0.2, 0) is 21.1 Å². The summed E-state index contributed by atoms with van der Waals surface area (Å²) in [7, 11) is 1.59. The molecule has 0 fully saturated rings. The van der Waals surface area contributed by atoms with Crippen LogP contribution in [0.3, 0.4) is 0 Å². The molecule has 2 amide bonds. The zero-order valence-corrected chi connectivity index (χ0v) is 15.3. The van der Waals surface area contributed by atoms with Crippen molar-refractivity contribution in [3.05, 3.63) is 35.5 Å². The van der Waals surface area contributed by atoms with Crippen LogP contribution in [0.25, 0.3) is 5.69 Å². The van der Waals surface area contributed by atoms with Crippen molar-refractivity contribution in [1.82, 2.24) is 15.1 Å². The first-order chi connectivity index (χ1) is 12.5. The molecule has 9 heteroatoms. The molecule has 2 heterocycles. The molecule has 0 saturated carbocycles. The Morgan fingerprint density at radius 2 is 2.04 bits per heavy atom. The summed E-state index contributed by atoms with van der Waals surface area (Å²) in [6, 6.07) is 7.27. The van der Waals surface area contributed by atoms with Crippen molar-refractivity contribution in [3.8, 4) is 11.4 Å². The van der Waals surface area contributed by atoms with Gasteiger partial charge in [0.2, 0.25) is 0 Å². The van der Waals surface area contributed by atoms with Crippen LogP contribution in [0.1, 0.15) is 18.2 Å². The number of rotatable bonds is 5. The van der Waals surface area contributed by atoms with Gasteiger partial charge in [0.25, 0.3) is 0 Å². The lowest BCUT2D eigenvalue weighted by Crippen LogP contribution is -2.39. The van der Waals surface area contributed by atoms with E-state index in [2.05, 4.69) is 15.7 Å². The summed E-state index contributed by atoms with van der Waals surface area (Å²) in [5, 5.41) is 18.8. The van der Waals surface area contributed by atoms with Gasteiger partial charge in [0.1, 0.15) is 11.6 Å². The second-order valence-corrected chi connectivity index (χ2v) is 6.88. The fourth-order valence-corrected chi connectivity index (χ4v) is 3.57. The number of aliphatic hydroxyl groups excluding tert-OH is 1. The molecule has 3 N–H and O–H groups in total. The van der Waals surface area contributed by atoms with Gasteiger partial charge >= 0.3 is 11.8 Å². The van der Waals surface area contributed by atoms with E-state index in [-0.39, 0.29) is 6.54 Å². The summed E-state index contributed by atoms with van der Waals surface area (Å²) >= 11 is 1.70. The van der Waals surface area contributed by atoms with Gasteiger partial charge in [-0.3, -0.25) is 9.59 Å². The van der Waals surface area contributed by atoms with Gasteiger partial charge in [0, 0.05) is 23.6 Å². The van der Waals surface area contributed by atoms with Crippen molar-refractivity contribution in [1.29, 1.82) is 0 Å². The van der Waals surface area contributed by atoms with Gasteiger partial charge in [0.15, 0.2) is 0 Å². The molecular formula is C17H20N4O4S. The normalized spacial score (nSPS) is 13.8. The highest BCUT2D eigenvalue weighted by atomic mass is 32.2. The van der Waals surface area contributed by atoms with E-state index in [0.29, 0.717) is 11.6 Å². The molecule has 3 rings (SSSR count). The molecule has 1 aromatic heterocycles. The predicted molar refractivity (Wildman–Crippen MR) is 98.4 cm³/mol. The van der Waals surface area contributed by atoms with Crippen LogP contribution in [0.4, 0.5) is 5.82 Å². The lowest BCUT2D eigenvalue weighted by atomic mass is 10.2. The highest BCUT2D eigenvalue weighted by Crippen LogP contribution is 2.36. The minimum atomic E-state index is -0.798. The van der Waals surface area contributed by atoms with Crippen LogP contribution in [0.2, 0.25) is 0 Å². The van der Waals surface area contributed by atoms with Crippen LogP contribution in [0.5, 0.6) is 5.75 Å². The summed E-state index contributed by atoms with van der Waals surface area (Å²) in [5.41, 5.74) is 2.57. The minimum Gasteiger partial charge on any atom is -0.497 e. The fraction of sp³-hybridized carbons (Fsp3) is 0.353. The molecule has 1 atom stereocenters. The number of nitrogens with one attached hydrogen (secondary N) is 2. The van der Waals surface area contributed by atoms with Crippen molar-refractivity contribution >= 4 is 29.4 Å². The molecular weight excluding hydrogens is 356 g/mol. The van der Waals surface area contributed by atoms with E-state index in [9.17, 15) is 14.7 Å². The van der Waals surface area contributed by atoms with Crippen molar-refractivity contribution in [3.63, 3.8) is 0 Å². The Balaban J connectivity index is 1.86. The maximum atomic E-state index is 12.2. The zero-order valence-electron chi connectivity index (χ0n) is 14.5. The third kappa shape index (κ3) is 3.83. The van der Waals surface area contributed by atoms with Gasteiger partial charge < -0.3 is 20.5 Å². The molecule has 1 aromatic carbocycles. The standard InChI is InChI=1S/C17H20N4O4S/c1-10(22)7-18-16(23)17(24)19-15-13-8-26-9-14(13)20-21(15)11-3-5-12(25-2)6-4-11/h3-6,10,22H,7-9H2,1-2H3,(H,18,23)(H,19,24). The van der Waals surface area contributed by atoms with Crippen molar-refractivity contribution in [2.24, 2.45) is 0 Å². The number of benzene rings is 1. The number of fused-ring (bicyclic) bond motifs is 1. The molecule has 2 aromatic rings. The fourth-order valence-electron chi connectivity index (χ4n) is 2.54. The summed E-state index contributed by atoms with van der Waals surface area (Å²) in [5.74, 6) is 1.10. The Morgan fingerprint density at radius 1 is 1.31 bits per heavy atom.